The van der Waals surface area contributed by atoms with Gasteiger partial charge < -0.3 is 39.7 Å². The number of pyridine rings is 2. The third-order valence-corrected chi connectivity index (χ3v) is 10.7. The van der Waals surface area contributed by atoms with E-state index < -0.39 is 29.4 Å². The molecule has 4 aromatic rings. The molecule has 0 aliphatic carbocycles. The molecule has 61 heavy (non-hydrogen) atoms. The summed E-state index contributed by atoms with van der Waals surface area (Å²) in [6.07, 6.45) is -3.46. The predicted octanol–water partition coefficient (Wildman–Crippen LogP) is 8.29. The lowest BCUT2D eigenvalue weighted by atomic mass is 10.1. The number of ether oxygens (including phenoxy) is 2. The van der Waals surface area contributed by atoms with Gasteiger partial charge in [0.25, 0.3) is 0 Å². The predicted molar refractivity (Wildman–Crippen MR) is 229 cm³/mol. The van der Waals surface area contributed by atoms with Crippen molar-refractivity contribution in [3.8, 4) is 6.07 Å². The van der Waals surface area contributed by atoms with Gasteiger partial charge in [0.1, 0.15) is 17.7 Å². The maximum Gasteiger partial charge on any atom is 0.434 e. The van der Waals surface area contributed by atoms with Crippen LogP contribution in [0.3, 0.4) is 0 Å². The minimum absolute atomic E-state index is 0.121. The summed E-state index contributed by atoms with van der Waals surface area (Å²) in [7, 11) is 0. The third-order valence-electron chi connectivity index (χ3n) is 9.16. The summed E-state index contributed by atoms with van der Waals surface area (Å²) in [6, 6.07) is 18.2. The summed E-state index contributed by atoms with van der Waals surface area (Å²) in [4.78, 5) is 63.5. The second kappa shape index (κ2) is 21.2. The normalized spacial score (nSPS) is 14.0. The average Bonchev–Trinajstić information content (AvgIpc) is 3.25. The van der Waals surface area contributed by atoms with E-state index in [1.54, 1.807) is 48.2 Å². The second-order valence-corrected chi connectivity index (χ2v) is 15.3. The molecule has 15 nitrogen and oxygen atoms in total. The number of benzene rings is 2. The van der Waals surface area contributed by atoms with Crippen molar-refractivity contribution in [1.82, 2.24) is 19.8 Å². The number of halogens is 6. The number of nitriles is 1. The zero-order valence-electron chi connectivity index (χ0n) is 32.8. The number of hydrogen-bond donors (Lipinski definition) is 2. The van der Waals surface area contributed by atoms with Gasteiger partial charge in [-0.3, -0.25) is 0 Å². The second-order valence-electron chi connectivity index (χ2n) is 13.1. The number of piperazine rings is 2. The molecule has 2 aliphatic rings. The molecule has 2 saturated heterocycles. The Morgan fingerprint density at radius 1 is 0.803 bits per heavy atom. The Kier molecular flexibility index (Phi) is 16.2. The number of aromatic nitrogens is 2. The molecule has 2 aromatic heterocycles. The van der Waals surface area contributed by atoms with Gasteiger partial charge in [0, 0.05) is 73.2 Å². The monoisotopic (exact) mass is 991 g/mol. The number of para-hydroxylation sites is 1. The number of anilines is 4. The molecular weight excluding hydrogens is 955 g/mol. The largest absolute Gasteiger partial charge is 0.462 e. The highest BCUT2D eigenvalue weighted by Gasteiger charge is 2.40. The van der Waals surface area contributed by atoms with Crippen molar-refractivity contribution in [3.05, 3.63) is 103 Å². The number of nitrogens with one attached hydrogen (secondary N) is 2. The maximum atomic E-state index is 13.6. The van der Waals surface area contributed by atoms with Crippen LogP contribution in [0.1, 0.15) is 45.8 Å². The first-order chi connectivity index (χ1) is 29.1. The van der Waals surface area contributed by atoms with Crippen molar-refractivity contribution in [2.75, 3.05) is 86.0 Å². The van der Waals surface area contributed by atoms with Crippen LogP contribution in [0.5, 0.6) is 0 Å². The molecule has 4 heterocycles. The highest BCUT2D eigenvalue weighted by Crippen LogP contribution is 2.35. The Morgan fingerprint density at radius 2 is 1.36 bits per heavy atom. The molecule has 4 amide bonds. The van der Waals surface area contributed by atoms with Crippen LogP contribution in [0, 0.1) is 11.3 Å². The molecule has 2 fully saturated rings. The highest BCUT2D eigenvalue weighted by atomic mass is 79.9. The van der Waals surface area contributed by atoms with Crippen LogP contribution in [0.2, 0.25) is 5.02 Å². The van der Waals surface area contributed by atoms with Crippen LogP contribution in [0.25, 0.3) is 0 Å². The minimum atomic E-state index is -4.92. The molecular formula is C40H39Br2ClF3N9O6. The molecule has 0 unspecified atom stereocenters. The Morgan fingerprint density at radius 3 is 1.90 bits per heavy atom. The van der Waals surface area contributed by atoms with E-state index in [0.717, 1.165) is 20.7 Å². The zero-order valence-corrected chi connectivity index (χ0v) is 36.7. The summed E-state index contributed by atoms with van der Waals surface area (Å²) in [6.45, 7) is 6.36. The van der Waals surface area contributed by atoms with Crippen LogP contribution in [-0.4, -0.2) is 109 Å². The van der Waals surface area contributed by atoms with Crippen molar-refractivity contribution in [1.29, 1.82) is 5.26 Å². The fourth-order valence-electron chi connectivity index (χ4n) is 6.13. The average molecular weight is 994 g/mol. The lowest BCUT2D eigenvalue weighted by Gasteiger charge is -2.36. The first kappa shape index (κ1) is 46.4. The molecule has 21 heteroatoms. The van der Waals surface area contributed by atoms with Gasteiger partial charge >= 0.3 is 30.2 Å². The van der Waals surface area contributed by atoms with Crippen molar-refractivity contribution in [2.45, 2.75) is 20.0 Å². The summed E-state index contributed by atoms with van der Waals surface area (Å²) in [5, 5.41) is 15.5. The van der Waals surface area contributed by atoms with E-state index >= 15 is 0 Å². The van der Waals surface area contributed by atoms with Crippen molar-refractivity contribution >= 4 is 90.5 Å². The lowest BCUT2D eigenvalue weighted by molar-refractivity contribution is -0.141. The van der Waals surface area contributed by atoms with Crippen molar-refractivity contribution in [3.63, 3.8) is 0 Å². The van der Waals surface area contributed by atoms with Crippen LogP contribution < -0.4 is 20.4 Å². The van der Waals surface area contributed by atoms with Crippen LogP contribution in [-0.2, 0) is 15.7 Å². The van der Waals surface area contributed by atoms with Gasteiger partial charge in [0.15, 0.2) is 5.69 Å². The zero-order chi connectivity index (χ0) is 44.3. The van der Waals surface area contributed by atoms with Gasteiger partial charge in [-0.05, 0) is 78.3 Å². The van der Waals surface area contributed by atoms with E-state index in [1.165, 1.54) is 22.9 Å². The number of hydrogen-bond acceptors (Lipinski definition) is 11. The van der Waals surface area contributed by atoms with E-state index in [-0.39, 0.29) is 56.2 Å². The van der Waals surface area contributed by atoms with Gasteiger partial charge in [-0.15, -0.1) is 0 Å². The molecule has 2 aromatic carbocycles. The molecule has 2 aliphatic heterocycles. The van der Waals surface area contributed by atoms with E-state index in [4.69, 9.17) is 16.3 Å². The molecule has 0 spiro atoms. The molecule has 6 rings (SSSR count). The third kappa shape index (κ3) is 12.2. The number of esters is 2. The van der Waals surface area contributed by atoms with Gasteiger partial charge in [0.2, 0.25) is 0 Å². The maximum absolute atomic E-state index is 13.6. The van der Waals surface area contributed by atoms with E-state index in [1.807, 2.05) is 29.2 Å². The smallest absolute Gasteiger partial charge is 0.434 e. The SMILES string of the molecule is CCOC(=O)c1cc(C#N)c(N2CCN(C(=O)Nc3ccc(Br)cc3)CC2)nc1C(F)(F)F.CCOC(=O)c1cnc(N2CCN(C(=O)Nc3ccccc3Br)CC2)c(Cl)c1. The Labute approximate surface area is 371 Å². The number of alkyl halides is 3. The summed E-state index contributed by atoms with van der Waals surface area (Å²) < 4.78 is 52.1. The molecule has 0 saturated carbocycles. The first-order valence-electron chi connectivity index (χ1n) is 18.8. The number of rotatable bonds is 8. The van der Waals surface area contributed by atoms with E-state index in [2.05, 4.69) is 57.2 Å². The van der Waals surface area contributed by atoms with Crippen LogP contribution in [0.15, 0.2) is 75.8 Å². The van der Waals surface area contributed by atoms with Crippen molar-refractivity contribution < 1.29 is 41.8 Å². The fourth-order valence-corrected chi connectivity index (χ4v) is 7.07. The first-order valence-corrected chi connectivity index (χ1v) is 20.7. The lowest BCUT2D eigenvalue weighted by Crippen LogP contribution is -2.50. The molecule has 0 bridgehead atoms. The molecule has 2 N–H and O–H groups in total. The van der Waals surface area contributed by atoms with Gasteiger partial charge in [-0.2, -0.15) is 18.4 Å². The standard InChI is InChI=1S/C21H19BrF3N5O3.C19H20BrClN4O3/c1-2-33-19(31)16-11-13(12-26)18(28-17(16)21(23,24)25)29-7-9-30(10-8-29)20(32)27-15-5-3-14(22)4-6-15;1-2-28-18(26)13-11-15(21)17(22-12-13)24-7-9-25(10-8-24)19(27)23-16-6-4-3-5-14(16)20/h3-6,11H,2,7-10H2,1H3,(H,27,32);3-6,11-12H,2,7-10H2,1H3,(H,23,27). The molecule has 0 atom stereocenters. The Hall–Kier alpha value is -5.65. The van der Waals surface area contributed by atoms with Crippen LogP contribution >= 0.6 is 43.5 Å². The van der Waals surface area contributed by atoms with Crippen LogP contribution in [0.4, 0.5) is 45.8 Å². The summed E-state index contributed by atoms with van der Waals surface area (Å²) in [5.41, 5.74) is -0.749. The fraction of sp³-hybridized carbons (Fsp3) is 0.325. The highest BCUT2D eigenvalue weighted by molar-refractivity contribution is 9.10. The number of carbonyl (C=O) groups is 4. The minimum Gasteiger partial charge on any atom is -0.462 e. The Balaban J connectivity index is 0.000000234. The van der Waals surface area contributed by atoms with Gasteiger partial charge in [-0.25, -0.2) is 29.1 Å². The molecule has 322 valence electrons. The molecule has 0 radical (unpaired) electrons. The summed E-state index contributed by atoms with van der Waals surface area (Å²) >= 11 is 13.1. The number of nitrogens with zero attached hydrogens (tertiary/aromatic N) is 7. The van der Waals surface area contributed by atoms with E-state index in [9.17, 15) is 37.6 Å². The number of amides is 4. The topological polar surface area (TPSA) is 173 Å². The van der Waals surface area contributed by atoms with Gasteiger partial charge in [-0.1, -0.05) is 39.7 Å². The van der Waals surface area contributed by atoms with Gasteiger partial charge in [0.05, 0.1) is 40.6 Å². The Bertz CT molecular complexity index is 2270. The summed E-state index contributed by atoms with van der Waals surface area (Å²) in [5.74, 6) is -1.24. The number of urea groups is 2. The van der Waals surface area contributed by atoms with E-state index in [0.29, 0.717) is 54.9 Å². The quantitative estimate of drug-likeness (QED) is 0.163. The van der Waals surface area contributed by atoms with Crippen molar-refractivity contribution in [2.24, 2.45) is 0 Å². The number of carbonyl (C=O) groups excluding carboxylic acids is 4.